The van der Waals surface area contributed by atoms with E-state index in [2.05, 4.69) is 30.5 Å². The average molecular weight is 279 g/mol. The number of nitrogens with zero attached hydrogens (tertiary/aromatic N) is 1. The second kappa shape index (κ2) is 6.18. The molecule has 2 aromatic rings. The molecule has 2 rings (SSSR count). The quantitative estimate of drug-likeness (QED) is 0.837. The average Bonchev–Trinajstić information content (AvgIpc) is 2.49. The van der Waals surface area contributed by atoms with E-state index in [-0.39, 0.29) is 0 Å². The van der Waals surface area contributed by atoms with Crippen molar-refractivity contribution in [3.8, 4) is 0 Å². The Morgan fingerprint density at radius 1 is 0.952 bits per heavy atom. The van der Waals surface area contributed by atoms with Crippen molar-refractivity contribution in [1.29, 1.82) is 0 Å². The molecule has 0 unspecified atom stereocenters. The van der Waals surface area contributed by atoms with Crippen LogP contribution in [0.1, 0.15) is 12.5 Å². The SMILES string of the molecule is C=C(N)/C(N)=C(\C)N(c1ccccc1)c1ccccc1C. The Morgan fingerprint density at radius 2 is 1.52 bits per heavy atom. The van der Waals surface area contributed by atoms with Crippen LogP contribution in [-0.4, -0.2) is 0 Å². The van der Waals surface area contributed by atoms with Crippen LogP contribution in [-0.2, 0) is 0 Å². The topological polar surface area (TPSA) is 55.3 Å². The standard InChI is InChI=1S/C18H21N3/c1-13-9-7-8-12-17(13)21(15(3)18(20)14(2)19)16-10-5-4-6-11-16/h4-12H,2,19-20H2,1,3H3/b18-15-. The Hall–Kier alpha value is -2.68. The largest absolute Gasteiger partial charge is 0.397 e. The molecule has 0 heterocycles. The molecular formula is C18H21N3. The number of benzene rings is 2. The molecule has 0 aliphatic carbocycles. The molecule has 0 aromatic heterocycles. The van der Waals surface area contributed by atoms with Crippen LogP contribution in [0, 0.1) is 6.92 Å². The number of aryl methyl sites for hydroxylation is 1. The van der Waals surface area contributed by atoms with Gasteiger partial charge in [0.1, 0.15) is 0 Å². The number of hydrogen-bond donors (Lipinski definition) is 2. The highest BCUT2D eigenvalue weighted by atomic mass is 15.2. The highest BCUT2D eigenvalue weighted by molar-refractivity contribution is 5.71. The summed E-state index contributed by atoms with van der Waals surface area (Å²) in [5.74, 6) is 0. The first-order chi connectivity index (χ1) is 10.0. The van der Waals surface area contributed by atoms with Crippen LogP contribution >= 0.6 is 0 Å². The summed E-state index contributed by atoms with van der Waals surface area (Å²) in [5, 5.41) is 0. The molecule has 0 bridgehead atoms. The van der Waals surface area contributed by atoms with Crippen molar-refractivity contribution in [1.82, 2.24) is 0 Å². The lowest BCUT2D eigenvalue weighted by Gasteiger charge is -2.28. The van der Waals surface area contributed by atoms with E-state index in [9.17, 15) is 0 Å². The highest BCUT2D eigenvalue weighted by Gasteiger charge is 2.16. The molecule has 3 nitrogen and oxygen atoms in total. The third-order valence-corrected chi connectivity index (χ3v) is 3.44. The van der Waals surface area contributed by atoms with E-state index in [1.807, 2.05) is 49.4 Å². The summed E-state index contributed by atoms with van der Waals surface area (Å²) >= 11 is 0. The van der Waals surface area contributed by atoms with E-state index < -0.39 is 0 Å². The van der Waals surface area contributed by atoms with Gasteiger partial charge in [-0.25, -0.2) is 0 Å². The van der Waals surface area contributed by atoms with Crippen LogP contribution in [0.15, 0.2) is 78.3 Å². The summed E-state index contributed by atoms with van der Waals surface area (Å²) in [4.78, 5) is 2.10. The van der Waals surface area contributed by atoms with Gasteiger partial charge in [0, 0.05) is 22.8 Å². The molecule has 0 aliphatic heterocycles. The van der Waals surface area contributed by atoms with Gasteiger partial charge in [0.05, 0.1) is 5.70 Å². The lowest BCUT2D eigenvalue weighted by atomic mass is 10.1. The van der Waals surface area contributed by atoms with Crippen molar-refractivity contribution in [3.05, 3.63) is 83.8 Å². The van der Waals surface area contributed by atoms with Crippen molar-refractivity contribution in [3.63, 3.8) is 0 Å². The summed E-state index contributed by atoms with van der Waals surface area (Å²) in [6.45, 7) is 7.76. The third kappa shape index (κ3) is 3.08. The van der Waals surface area contributed by atoms with Gasteiger partial charge in [0.25, 0.3) is 0 Å². The minimum Gasteiger partial charge on any atom is -0.397 e. The Morgan fingerprint density at radius 3 is 2.10 bits per heavy atom. The number of nitrogens with two attached hydrogens (primary N) is 2. The summed E-state index contributed by atoms with van der Waals surface area (Å²) in [6.07, 6.45) is 0. The van der Waals surface area contributed by atoms with Crippen LogP contribution in [0.25, 0.3) is 0 Å². The molecule has 0 amide bonds. The van der Waals surface area contributed by atoms with E-state index in [1.54, 1.807) is 0 Å². The molecule has 4 N–H and O–H groups in total. The number of para-hydroxylation sites is 2. The zero-order chi connectivity index (χ0) is 15.4. The number of allylic oxidation sites excluding steroid dienone is 1. The van der Waals surface area contributed by atoms with Crippen LogP contribution in [0.5, 0.6) is 0 Å². The molecule has 3 heteroatoms. The van der Waals surface area contributed by atoms with Gasteiger partial charge in [0.15, 0.2) is 0 Å². The van der Waals surface area contributed by atoms with Crippen molar-refractivity contribution in [2.75, 3.05) is 4.90 Å². The molecule has 0 radical (unpaired) electrons. The maximum Gasteiger partial charge on any atom is 0.0740 e. The molecular weight excluding hydrogens is 258 g/mol. The van der Waals surface area contributed by atoms with Crippen LogP contribution in [0.2, 0.25) is 0 Å². The Balaban J connectivity index is 2.65. The second-order valence-corrected chi connectivity index (χ2v) is 4.98. The van der Waals surface area contributed by atoms with Crippen LogP contribution < -0.4 is 16.4 Å². The first kappa shape index (κ1) is 14.7. The lowest BCUT2D eigenvalue weighted by molar-refractivity contribution is 1.07. The zero-order valence-electron chi connectivity index (χ0n) is 12.5. The molecule has 21 heavy (non-hydrogen) atoms. The van der Waals surface area contributed by atoms with E-state index in [0.717, 1.165) is 22.6 Å². The molecule has 2 aromatic carbocycles. The molecule has 0 aliphatic rings. The smallest absolute Gasteiger partial charge is 0.0740 e. The third-order valence-electron chi connectivity index (χ3n) is 3.44. The molecule has 0 spiro atoms. The normalized spacial score (nSPS) is 11.7. The minimum absolute atomic E-state index is 0.377. The van der Waals surface area contributed by atoms with Gasteiger partial charge < -0.3 is 16.4 Å². The van der Waals surface area contributed by atoms with Crippen LogP contribution in [0.3, 0.4) is 0 Å². The van der Waals surface area contributed by atoms with Gasteiger partial charge in [-0.05, 0) is 37.6 Å². The van der Waals surface area contributed by atoms with Crippen LogP contribution in [0.4, 0.5) is 11.4 Å². The fourth-order valence-electron chi connectivity index (χ4n) is 2.26. The van der Waals surface area contributed by atoms with Gasteiger partial charge in [-0.15, -0.1) is 0 Å². The fourth-order valence-corrected chi connectivity index (χ4v) is 2.26. The molecule has 0 atom stereocenters. The lowest BCUT2D eigenvalue weighted by Crippen LogP contribution is -2.22. The van der Waals surface area contributed by atoms with Crippen molar-refractivity contribution >= 4 is 11.4 Å². The highest BCUT2D eigenvalue weighted by Crippen LogP contribution is 2.32. The number of hydrogen-bond acceptors (Lipinski definition) is 3. The van der Waals surface area contributed by atoms with E-state index in [4.69, 9.17) is 11.5 Å². The minimum atomic E-state index is 0.377. The van der Waals surface area contributed by atoms with Crippen molar-refractivity contribution < 1.29 is 0 Å². The zero-order valence-corrected chi connectivity index (χ0v) is 12.5. The molecule has 0 fully saturated rings. The van der Waals surface area contributed by atoms with Gasteiger partial charge in [-0.1, -0.05) is 43.0 Å². The van der Waals surface area contributed by atoms with Crippen molar-refractivity contribution in [2.24, 2.45) is 11.5 Å². The first-order valence-electron chi connectivity index (χ1n) is 6.84. The number of rotatable bonds is 4. The van der Waals surface area contributed by atoms with E-state index >= 15 is 0 Å². The predicted octanol–water partition coefficient (Wildman–Crippen LogP) is 3.80. The second-order valence-electron chi connectivity index (χ2n) is 4.98. The Bertz CT molecular complexity index is 672. The molecule has 0 saturated heterocycles. The van der Waals surface area contributed by atoms with Gasteiger partial charge in [-0.2, -0.15) is 0 Å². The Labute approximate surface area is 126 Å². The fraction of sp³-hybridized carbons (Fsp3) is 0.111. The summed E-state index contributed by atoms with van der Waals surface area (Å²) in [5.41, 5.74) is 16.9. The monoisotopic (exact) mass is 279 g/mol. The van der Waals surface area contributed by atoms with Gasteiger partial charge in [0.2, 0.25) is 0 Å². The molecule has 108 valence electrons. The number of anilines is 2. The summed E-state index contributed by atoms with van der Waals surface area (Å²) in [7, 11) is 0. The maximum atomic E-state index is 6.10. The van der Waals surface area contributed by atoms with Gasteiger partial charge >= 0.3 is 0 Å². The summed E-state index contributed by atoms with van der Waals surface area (Å²) in [6, 6.07) is 18.3. The predicted molar refractivity (Wildman–Crippen MR) is 90.0 cm³/mol. The molecule has 0 saturated carbocycles. The summed E-state index contributed by atoms with van der Waals surface area (Å²) < 4.78 is 0. The van der Waals surface area contributed by atoms with E-state index in [0.29, 0.717) is 11.4 Å². The maximum absolute atomic E-state index is 6.10. The first-order valence-corrected chi connectivity index (χ1v) is 6.84. The van der Waals surface area contributed by atoms with Gasteiger partial charge in [-0.3, -0.25) is 0 Å². The van der Waals surface area contributed by atoms with Crippen molar-refractivity contribution in [2.45, 2.75) is 13.8 Å². The Kier molecular flexibility index (Phi) is 4.33. The van der Waals surface area contributed by atoms with E-state index in [1.165, 1.54) is 0 Å².